The van der Waals surface area contributed by atoms with Gasteiger partial charge in [-0.2, -0.15) is 28.5 Å². The summed E-state index contributed by atoms with van der Waals surface area (Å²) in [5.41, 5.74) is 0.448. The zero-order chi connectivity index (χ0) is 18.2. The highest BCUT2D eigenvalue weighted by molar-refractivity contribution is 5.58. The quantitative estimate of drug-likeness (QED) is 0.859. The Bertz CT molecular complexity index is 822. The first-order valence-electron chi connectivity index (χ1n) is 7.74. The number of alkyl halides is 3. The average Bonchev–Trinajstić information content (AvgIpc) is 3.25. The van der Waals surface area contributed by atoms with Crippen LogP contribution in [0.15, 0.2) is 12.4 Å². The Balaban J connectivity index is 1.84. The molecule has 1 fully saturated rings. The second kappa shape index (κ2) is 6.23. The van der Waals surface area contributed by atoms with Gasteiger partial charge in [-0.05, 0) is 20.3 Å². The van der Waals surface area contributed by atoms with E-state index in [1.165, 1.54) is 0 Å². The van der Waals surface area contributed by atoms with E-state index in [4.69, 9.17) is 5.26 Å². The van der Waals surface area contributed by atoms with E-state index in [2.05, 4.69) is 31.8 Å². The van der Waals surface area contributed by atoms with Crippen molar-refractivity contribution < 1.29 is 13.2 Å². The Labute approximate surface area is 141 Å². The topological polar surface area (TPSA) is 91.5 Å². The van der Waals surface area contributed by atoms with Crippen molar-refractivity contribution in [2.45, 2.75) is 32.5 Å². The Kier molecular flexibility index (Phi) is 4.24. The smallest absolute Gasteiger partial charge is 0.370 e. The molecule has 0 aliphatic heterocycles. The Morgan fingerprint density at radius 2 is 2.16 bits per heavy atom. The third-order valence-corrected chi connectivity index (χ3v) is 3.97. The van der Waals surface area contributed by atoms with Crippen LogP contribution in [-0.4, -0.2) is 26.3 Å². The largest absolute Gasteiger partial charge is 0.421 e. The number of hydrogen-bond acceptors (Lipinski definition) is 6. The summed E-state index contributed by atoms with van der Waals surface area (Å²) >= 11 is 0. The second-order valence-corrected chi connectivity index (χ2v) is 5.74. The molecule has 1 aliphatic rings. The lowest BCUT2D eigenvalue weighted by Crippen LogP contribution is -2.14. The van der Waals surface area contributed by atoms with Gasteiger partial charge in [0, 0.05) is 12.7 Å². The van der Waals surface area contributed by atoms with Crippen LogP contribution in [0.3, 0.4) is 0 Å². The van der Waals surface area contributed by atoms with E-state index in [0.29, 0.717) is 12.2 Å². The second-order valence-electron chi connectivity index (χ2n) is 5.74. The van der Waals surface area contributed by atoms with Crippen molar-refractivity contribution in [3.63, 3.8) is 0 Å². The molecule has 2 heterocycles. The first-order valence-corrected chi connectivity index (χ1v) is 7.74. The minimum atomic E-state index is -4.53. The third-order valence-electron chi connectivity index (χ3n) is 3.97. The number of rotatable bonds is 5. The number of nitriles is 1. The van der Waals surface area contributed by atoms with Crippen molar-refractivity contribution in [1.82, 2.24) is 19.7 Å². The van der Waals surface area contributed by atoms with Crippen molar-refractivity contribution in [2.75, 3.05) is 17.2 Å². The van der Waals surface area contributed by atoms with E-state index in [1.54, 1.807) is 17.8 Å². The maximum Gasteiger partial charge on any atom is 0.421 e. The molecule has 1 saturated carbocycles. The summed E-state index contributed by atoms with van der Waals surface area (Å²) in [6.07, 6.45) is -1.48. The normalized spacial score (nSPS) is 19.4. The van der Waals surface area contributed by atoms with E-state index >= 15 is 0 Å². The molecule has 0 saturated heterocycles. The number of aromatic nitrogens is 4. The fourth-order valence-corrected chi connectivity index (χ4v) is 2.54. The molecular formula is C15H16F3N7. The zero-order valence-electron chi connectivity index (χ0n) is 13.6. The molecule has 0 aromatic carbocycles. The summed E-state index contributed by atoms with van der Waals surface area (Å²) in [7, 11) is 0. The van der Waals surface area contributed by atoms with Gasteiger partial charge in [0.15, 0.2) is 0 Å². The monoisotopic (exact) mass is 351 g/mol. The van der Waals surface area contributed by atoms with E-state index in [1.807, 2.05) is 6.92 Å². The predicted molar refractivity (Wildman–Crippen MR) is 84.2 cm³/mol. The molecule has 0 radical (unpaired) electrons. The highest BCUT2D eigenvalue weighted by Gasteiger charge is 2.41. The van der Waals surface area contributed by atoms with Crippen molar-refractivity contribution in [2.24, 2.45) is 5.92 Å². The van der Waals surface area contributed by atoms with Gasteiger partial charge < -0.3 is 10.6 Å². The number of anilines is 3. The van der Waals surface area contributed by atoms with Crippen LogP contribution in [0.1, 0.15) is 30.6 Å². The number of nitrogens with zero attached hydrogens (tertiary/aromatic N) is 5. The standard InChI is InChI=1S/C15H16F3N7/c1-3-20-13-10(15(16,17)18)6-21-14(24-13)23-11-7-22-25(8(11)2)12-4-9(12)5-19/h6-7,9,12H,3-4H2,1-2H3,(H2,20,21,23,24)/t9?,12-/m0/s1. The Morgan fingerprint density at radius 1 is 1.40 bits per heavy atom. The molecule has 10 heteroatoms. The molecule has 2 N–H and O–H groups in total. The Hall–Kier alpha value is -2.83. The summed E-state index contributed by atoms with van der Waals surface area (Å²) in [5.74, 6) is -0.280. The van der Waals surface area contributed by atoms with Gasteiger partial charge in [0.2, 0.25) is 5.95 Å². The Morgan fingerprint density at radius 3 is 2.76 bits per heavy atom. The summed E-state index contributed by atoms with van der Waals surface area (Å²) in [6.45, 7) is 3.80. The van der Waals surface area contributed by atoms with Crippen molar-refractivity contribution in [3.05, 3.63) is 23.7 Å². The first kappa shape index (κ1) is 17.0. The molecule has 2 aromatic rings. The highest BCUT2D eigenvalue weighted by Crippen LogP contribution is 2.43. The fourth-order valence-electron chi connectivity index (χ4n) is 2.54. The lowest BCUT2D eigenvalue weighted by atomic mass is 10.3. The molecule has 0 amide bonds. The van der Waals surface area contributed by atoms with Gasteiger partial charge in [0.1, 0.15) is 11.4 Å². The lowest BCUT2D eigenvalue weighted by molar-refractivity contribution is -0.137. The van der Waals surface area contributed by atoms with E-state index in [-0.39, 0.29) is 23.7 Å². The van der Waals surface area contributed by atoms with Gasteiger partial charge >= 0.3 is 6.18 Å². The lowest BCUT2D eigenvalue weighted by Gasteiger charge is -2.13. The molecule has 0 spiro atoms. The summed E-state index contributed by atoms with van der Waals surface area (Å²) in [6, 6.07) is 2.24. The van der Waals surface area contributed by atoms with E-state index in [0.717, 1.165) is 18.3 Å². The molecule has 2 aromatic heterocycles. The summed E-state index contributed by atoms with van der Waals surface area (Å²) in [4.78, 5) is 7.68. The molecule has 132 valence electrons. The van der Waals surface area contributed by atoms with Crippen LogP contribution in [0.4, 0.5) is 30.6 Å². The minimum absolute atomic E-state index is 0.0410. The molecule has 0 bridgehead atoms. The first-order chi connectivity index (χ1) is 11.8. The molecular weight excluding hydrogens is 335 g/mol. The maximum atomic E-state index is 13.0. The molecule has 2 atom stereocenters. The van der Waals surface area contributed by atoms with Crippen LogP contribution in [-0.2, 0) is 6.18 Å². The van der Waals surface area contributed by atoms with Crippen LogP contribution in [0, 0.1) is 24.2 Å². The van der Waals surface area contributed by atoms with Crippen molar-refractivity contribution >= 4 is 17.5 Å². The molecule has 7 nitrogen and oxygen atoms in total. The molecule has 1 unspecified atom stereocenters. The molecule has 3 rings (SSSR count). The predicted octanol–water partition coefficient (Wildman–Crippen LogP) is 3.26. The average molecular weight is 351 g/mol. The van der Waals surface area contributed by atoms with Gasteiger partial charge in [-0.25, -0.2) is 4.98 Å². The minimum Gasteiger partial charge on any atom is -0.370 e. The van der Waals surface area contributed by atoms with Gasteiger partial charge in [-0.1, -0.05) is 0 Å². The highest BCUT2D eigenvalue weighted by atomic mass is 19.4. The van der Waals surface area contributed by atoms with Crippen LogP contribution < -0.4 is 10.6 Å². The van der Waals surface area contributed by atoms with Crippen LogP contribution in [0.5, 0.6) is 0 Å². The summed E-state index contributed by atoms with van der Waals surface area (Å²) < 4.78 is 40.7. The zero-order valence-corrected chi connectivity index (χ0v) is 13.6. The van der Waals surface area contributed by atoms with Gasteiger partial charge in [0.05, 0.1) is 35.6 Å². The third kappa shape index (κ3) is 3.35. The van der Waals surface area contributed by atoms with E-state index in [9.17, 15) is 13.2 Å². The van der Waals surface area contributed by atoms with Gasteiger partial charge in [0.25, 0.3) is 0 Å². The van der Waals surface area contributed by atoms with Crippen molar-refractivity contribution in [1.29, 1.82) is 5.26 Å². The maximum absolute atomic E-state index is 13.0. The van der Waals surface area contributed by atoms with Crippen LogP contribution >= 0.6 is 0 Å². The van der Waals surface area contributed by atoms with E-state index < -0.39 is 11.7 Å². The molecule has 25 heavy (non-hydrogen) atoms. The number of hydrogen-bond donors (Lipinski definition) is 2. The van der Waals surface area contributed by atoms with Crippen LogP contribution in [0.2, 0.25) is 0 Å². The SMILES string of the molecule is CCNc1nc(Nc2cnn([C@H]3CC3C#N)c2C)ncc1C(F)(F)F. The fraction of sp³-hybridized carbons (Fsp3) is 0.467. The van der Waals surface area contributed by atoms with Crippen molar-refractivity contribution in [3.8, 4) is 6.07 Å². The van der Waals surface area contributed by atoms with Gasteiger partial charge in [-0.3, -0.25) is 4.68 Å². The number of halogens is 3. The van der Waals surface area contributed by atoms with Gasteiger partial charge in [-0.15, -0.1) is 0 Å². The summed E-state index contributed by atoms with van der Waals surface area (Å²) in [5, 5.41) is 18.6. The number of nitrogens with one attached hydrogen (secondary N) is 2. The van der Waals surface area contributed by atoms with Crippen LogP contribution in [0.25, 0.3) is 0 Å². The molecule has 1 aliphatic carbocycles.